The van der Waals surface area contributed by atoms with Crippen molar-refractivity contribution in [1.82, 2.24) is 9.55 Å². The van der Waals surface area contributed by atoms with E-state index in [4.69, 9.17) is 9.72 Å². The van der Waals surface area contributed by atoms with Crippen molar-refractivity contribution in [1.29, 1.82) is 0 Å². The third-order valence-electron chi connectivity index (χ3n) is 12.4. The van der Waals surface area contributed by atoms with Crippen molar-refractivity contribution in [3.8, 4) is 17.3 Å². The standard InChI is InChI=1S/C57H55N4O.Pt/c1-38(2)47-25-17-26-48(39(3)4)55(47)53-36-59(43-21-15-20-41(32-43)56(5,6)7)37-60(53)44-22-16-23-45(34-44)62-46-28-29-50-49-24-13-14-27-51(49)61(52(50)35-46)54-33-42(30-31-58-54)57(8,9)40-18-11-10-12-19-40;/h10-33,36-39H,1-9H3;/q-3;. The second-order valence-corrected chi connectivity index (χ2v) is 18.7. The number of nitrogens with zero attached hydrogens (tertiary/aromatic N) is 4. The number of rotatable bonds is 10. The van der Waals surface area contributed by atoms with E-state index in [0.717, 1.165) is 44.7 Å². The Kier molecular flexibility index (Phi) is 12.0. The zero-order valence-corrected chi connectivity index (χ0v) is 40.0. The third-order valence-corrected chi connectivity index (χ3v) is 12.4. The molecule has 1 aliphatic rings. The Morgan fingerprint density at radius 1 is 0.619 bits per heavy atom. The van der Waals surface area contributed by atoms with Gasteiger partial charge in [-0.25, -0.2) is 4.98 Å². The van der Waals surface area contributed by atoms with Crippen LogP contribution in [0.3, 0.4) is 0 Å². The van der Waals surface area contributed by atoms with Crippen LogP contribution in [0.2, 0.25) is 0 Å². The maximum Gasteiger partial charge on any atom is 0.135 e. The first-order chi connectivity index (χ1) is 29.8. The van der Waals surface area contributed by atoms with Gasteiger partial charge in [0.2, 0.25) is 0 Å². The number of benzene rings is 6. The minimum absolute atomic E-state index is 0. The van der Waals surface area contributed by atoms with E-state index < -0.39 is 0 Å². The van der Waals surface area contributed by atoms with Gasteiger partial charge in [-0.3, -0.25) is 0 Å². The number of ether oxygens (including phenoxy) is 1. The zero-order valence-electron chi connectivity index (χ0n) is 37.7. The van der Waals surface area contributed by atoms with Crippen LogP contribution in [-0.2, 0) is 31.9 Å². The maximum atomic E-state index is 6.72. The van der Waals surface area contributed by atoms with Crippen LogP contribution < -0.4 is 14.5 Å². The van der Waals surface area contributed by atoms with Gasteiger partial charge in [0.05, 0.1) is 0 Å². The average molecular weight is 1010 g/mol. The summed E-state index contributed by atoms with van der Waals surface area (Å²) in [5.74, 6) is 2.70. The molecule has 63 heavy (non-hydrogen) atoms. The number of para-hydroxylation sites is 1. The van der Waals surface area contributed by atoms with Crippen LogP contribution in [0.15, 0.2) is 152 Å². The van der Waals surface area contributed by atoms with E-state index in [1.165, 1.54) is 33.4 Å². The molecule has 0 aliphatic carbocycles. The van der Waals surface area contributed by atoms with Crippen LogP contribution >= 0.6 is 0 Å². The van der Waals surface area contributed by atoms with E-state index in [1.54, 1.807) is 0 Å². The van der Waals surface area contributed by atoms with E-state index in [1.807, 2.05) is 24.4 Å². The Labute approximate surface area is 388 Å². The Hall–Kier alpha value is -5.90. The molecule has 5 nitrogen and oxygen atoms in total. The number of hydrogen-bond acceptors (Lipinski definition) is 4. The van der Waals surface area contributed by atoms with Crippen molar-refractivity contribution in [3.05, 3.63) is 204 Å². The molecule has 3 heterocycles. The minimum atomic E-state index is -0.223. The van der Waals surface area contributed by atoms with Crippen molar-refractivity contribution in [3.63, 3.8) is 0 Å². The van der Waals surface area contributed by atoms with Gasteiger partial charge in [-0.1, -0.05) is 147 Å². The number of hydrogen-bond donors (Lipinski definition) is 0. The van der Waals surface area contributed by atoms with Gasteiger partial charge in [-0.15, -0.1) is 48.1 Å². The van der Waals surface area contributed by atoms with Crippen LogP contribution in [-0.4, -0.2) is 9.55 Å². The SMILES string of the molecule is CC(C)c1cccc(C(C)C)c1C1=CN(c2cccc(C(C)(C)C)c2)[CH-]N1c1[c-]c(Oc2[c-]c3c(cc2)c2ccccc2n3-c2cc(C(C)(C)c3ccccc3)ccn2)ccc1.[Pt]. The molecule has 0 atom stereocenters. The first-order valence-corrected chi connectivity index (χ1v) is 21.8. The summed E-state index contributed by atoms with van der Waals surface area (Å²) in [6, 6.07) is 56.7. The van der Waals surface area contributed by atoms with Crippen LogP contribution in [0.1, 0.15) is 108 Å². The molecule has 322 valence electrons. The molecule has 0 unspecified atom stereocenters. The smallest absolute Gasteiger partial charge is 0.135 e. The second-order valence-electron chi connectivity index (χ2n) is 18.7. The molecule has 0 fully saturated rings. The molecule has 2 aromatic heterocycles. The van der Waals surface area contributed by atoms with Gasteiger partial charge in [0.25, 0.3) is 0 Å². The van der Waals surface area contributed by atoms with Crippen molar-refractivity contribution >= 4 is 38.9 Å². The molecule has 8 aromatic rings. The molecule has 0 bridgehead atoms. The van der Waals surface area contributed by atoms with E-state index in [0.29, 0.717) is 23.3 Å². The fraction of sp³-hybridized carbons (Fsp3) is 0.228. The maximum absolute atomic E-state index is 6.72. The summed E-state index contributed by atoms with van der Waals surface area (Å²) in [4.78, 5) is 9.46. The van der Waals surface area contributed by atoms with Gasteiger partial charge in [-0.05, 0) is 87.0 Å². The molecule has 0 saturated carbocycles. The van der Waals surface area contributed by atoms with Crippen molar-refractivity contribution in [2.75, 3.05) is 9.80 Å². The molecular weight excluding hydrogens is 952 g/mol. The first kappa shape index (κ1) is 43.7. The summed E-state index contributed by atoms with van der Waals surface area (Å²) in [5, 5.41) is 2.22. The summed E-state index contributed by atoms with van der Waals surface area (Å²) >= 11 is 0. The van der Waals surface area contributed by atoms with Crippen LogP contribution in [0.5, 0.6) is 11.5 Å². The molecule has 9 rings (SSSR count). The topological polar surface area (TPSA) is 33.5 Å². The van der Waals surface area contributed by atoms with Gasteiger partial charge < -0.3 is 19.1 Å². The monoisotopic (exact) mass is 1010 g/mol. The van der Waals surface area contributed by atoms with Gasteiger partial charge in [0.1, 0.15) is 5.82 Å². The van der Waals surface area contributed by atoms with Gasteiger partial charge in [0.15, 0.2) is 0 Å². The van der Waals surface area contributed by atoms with Crippen molar-refractivity contribution in [2.45, 2.75) is 85.0 Å². The summed E-state index contributed by atoms with van der Waals surface area (Å²) in [6.45, 7) is 22.6. The Balaban J connectivity index is 0.00000544. The quantitative estimate of drug-likeness (QED) is 0.128. The summed E-state index contributed by atoms with van der Waals surface area (Å²) < 4.78 is 8.93. The Morgan fingerprint density at radius 3 is 2.02 bits per heavy atom. The van der Waals surface area contributed by atoms with Crippen LogP contribution in [0.25, 0.3) is 33.3 Å². The fourth-order valence-electron chi connectivity index (χ4n) is 8.79. The molecule has 0 saturated heterocycles. The number of fused-ring (bicyclic) bond motifs is 3. The Morgan fingerprint density at radius 2 is 1.29 bits per heavy atom. The first-order valence-electron chi connectivity index (χ1n) is 21.8. The summed E-state index contributed by atoms with van der Waals surface area (Å²) in [5.41, 5.74) is 12.5. The predicted octanol–water partition coefficient (Wildman–Crippen LogP) is 14.9. The molecule has 0 amide bonds. The van der Waals surface area contributed by atoms with E-state index in [2.05, 4.69) is 223 Å². The third kappa shape index (κ3) is 8.36. The normalized spacial score (nSPS) is 13.3. The van der Waals surface area contributed by atoms with E-state index in [-0.39, 0.29) is 31.9 Å². The number of anilines is 2. The fourth-order valence-corrected chi connectivity index (χ4v) is 8.79. The van der Waals surface area contributed by atoms with Gasteiger partial charge in [-0.2, -0.15) is 12.1 Å². The van der Waals surface area contributed by atoms with E-state index in [9.17, 15) is 0 Å². The Bertz CT molecular complexity index is 2930. The minimum Gasteiger partial charge on any atom is -0.509 e. The van der Waals surface area contributed by atoms with Crippen LogP contribution in [0.4, 0.5) is 11.4 Å². The summed E-state index contributed by atoms with van der Waals surface area (Å²) in [7, 11) is 0. The molecule has 6 aromatic carbocycles. The summed E-state index contributed by atoms with van der Waals surface area (Å²) in [6.07, 6.45) is 4.20. The van der Waals surface area contributed by atoms with E-state index >= 15 is 0 Å². The average Bonchev–Trinajstić information content (AvgIpc) is 3.86. The number of pyridine rings is 1. The zero-order chi connectivity index (χ0) is 43.3. The second kappa shape index (κ2) is 17.3. The van der Waals surface area contributed by atoms with Crippen molar-refractivity contribution in [2.24, 2.45) is 0 Å². The van der Waals surface area contributed by atoms with Gasteiger partial charge >= 0.3 is 0 Å². The molecule has 6 heteroatoms. The molecule has 0 spiro atoms. The largest absolute Gasteiger partial charge is 0.509 e. The predicted molar refractivity (Wildman–Crippen MR) is 258 cm³/mol. The van der Waals surface area contributed by atoms with Crippen molar-refractivity contribution < 1.29 is 25.8 Å². The molecular formula is C57H55N4OPt-3. The van der Waals surface area contributed by atoms with Crippen LogP contribution in [0, 0.1) is 18.8 Å². The van der Waals surface area contributed by atoms with Gasteiger partial charge in [0, 0.05) is 66.6 Å². The molecule has 0 radical (unpaired) electrons. The molecule has 0 N–H and O–H groups in total. The molecule has 1 aliphatic heterocycles. The number of aromatic nitrogens is 2.